The molecule has 0 atom stereocenters. The Hall–Kier alpha value is -0.400. The molecule has 0 aromatic heterocycles. The lowest BCUT2D eigenvalue weighted by Gasteiger charge is -2.52. The molecular weight excluding hydrogens is 436 g/mol. The highest BCUT2D eigenvalue weighted by atomic mass is 16.6. The summed E-state index contributed by atoms with van der Waals surface area (Å²) in [7, 11) is 5.49. The van der Waals surface area contributed by atoms with Gasteiger partial charge in [0, 0.05) is 26.2 Å². The molecule has 3 saturated heterocycles. The van der Waals surface area contributed by atoms with E-state index in [0.29, 0.717) is 32.7 Å². The average Bonchev–Trinajstić information content (AvgIpc) is 2.76. The van der Waals surface area contributed by atoms with Gasteiger partial charge < -0.3 is 39.4 Å². The summed E-state index contributed by atoms with van der Waals surface area (Å²) in [4.78, 5) is 4.60. The quantitative estimate of drug-likeness (QED) is 0.417. The van der Waals surface area contributed by atoms with Crippen molar-refractivity contribution in [2.75, 3.05) is 119 Å². The third-order valence-corrected chi connectivity index (χ3v) is 7.32. The Kier molecular flexibility index (Phi) is 13.4. The third kappa shape index (κ3) is 12.5. The fourth-order valence-corrected chi connectivity index (χ4v) is 4.67. The van der Waals surface area contributed by atoms with Gasteiger partial charge in [0.15, 0.2) is 0 Å². The predicted octanol–water partition coefficient (Wildman–Crippen LogP) is 1.98. The second-order valence-corrected chi connectivity index (χ2v) is 11.1. The summed E-state index contributed by atoms with van der Waals surface area (Å²) in [6.45, 7) is 17.8. The first-order chi connectivity index (χ1) is 15.8. The minimum absolute atomic E-state index is 0.0415. The fraction of sp³-hybridized carbons (Fsp3) is 1.00. The maximum atomic E-state index is 11.8. The molecule has 0 bridgehead atoms. The molecular formula is C24H54N6O4. The first kappa shape index (κ1) is 31.6. The molecule has 34 heavy (non-hydrogen) atoms. The van der Waals surface area contributed by atoms with E-state index in [2.05, 4.69) is 30.7 Å². The Morgan fingerprint density at radius 2 is 0.971 bits per heavy atom. The summed E-state index contributed by atoms with van der Waals surface area (Å²) in [5, 5.41) is 46.4. The number of rotatable bonds is 6. The lowest BCUT2D eigenvalue weighted by molar-refractivity contribution is -0.980. The van der Waals surface area contributed by atoms with E-state index in [1.54, 1.807) is 14.1 Å². The lowest BCUT2D eigenvalue weighted by Crippen LogP contribution is -2.61. The van der Waals surface area contributed by atoms with Crippen LogP contribution in [0, 0.1) is 20.8 Å². The van der Waals surface area contributed by atoms with Crippen LogP contribution in [0.1, 0.15) is 40.0 Å². The van der Waals surface area contributed by atoms with E-state index in [1.165, 1.54) is 6.42 Å². The largest absolute Gasteiger partial charge is 0.633 e. The highest BCUT2D eigenvalue weighted by Crippen LogP contribution is 2.15. The molecule has 0 aromatic rings. The molecule has 0 N–H and O–H groups in total. The Morgan fingerprint density at radius 1 is 0.559 bits per heavy atom. The number of quaternary nitrogens is 4. The Balaban J connectivity index is 0.000000255. The van der Waals surface area contributed by atoms with Crippen molar-refractivity contribution in [2.24, 2.45) is 0 Å². The maximum Gasteiger partial charge on any atom is 0.129 e. The van der Waals surface area contributed by atoms with Gasteiger partial charge in [-0.25, -0.2) is 0 Å². The van der Waals surface area contributed by atoms with Crippen molar-refractivity contribution in [2.45, 2.75) is 40.0 Å². The summed E-state index contributed by atoms with van der Waals surface area (Å²) in [6.07, 6.45) is 3.11. The SMILES string of the molecule is CCCN1CC[N+](C)([O-])CC1.CCC[N+]1([O-])CCN(C)CC1.CCC[N+]1([O-])CC[N+](C)([O-])CC1. The van der Waals surface area contributed by atoms with E-state index < -0.39 is 0 Å². The minimum atomic E-state index is -0.230. The topological polar surface area (TPSA) is 98.7 Å². The minimum Gasteiger partial charge on any atom is -0.633 e. The lowest BCUT2D eigenvalue weighted by atomic mass is 10.3. The number of hydroxylamine groups is 12. The van der Waals surface area contributed by atoms with Crippen molar-refractivity contribution in [3.63, 3.8) is 0 Å². The average molecular weight is 491 g/mol. The third-order valence-electron chi connectivity index (χ3n) is 7.32. The van der Waals surface area contributed by atoms with Crippen LogP contribution in [0.3, 0.4) is 0 Å². The zero-order valence-corrected chi connectivity index (χ0v) is 23.0. The molecule has 3 aliphatic rings. The van der Waals surface area contributed by atoms with Gasteiger partial charge in [-0.3, -0.25) is 9.80 Å². The van der Waals surface area contributed by atoms with Crippen LogP contribution in [0.25, 0.3) is 0 Å². The predicted molar refractivity (Wildman–Crippen MR) is 140 cm³/mol. The number of nitrogens with zero attached hydrogens (tertiary/aromatic N) is 6. The molecule has 204 valence electrons. The van der Waals surface area contributed by atoms with Gasteiger partial charge in [-0.1, -0.05) is 20.8 Å². The van der Waals surface area contributed by atoms with E-state index in [-0.39, 0.29) is 18.6 Å². The van der Waals surface area contributed by atoms with Crippen LogP contribution in [0.2, 0.25) is 0 Å². The summed E-state index contributed by atoms with van der Waals surface area (Å²) < 4.78 is -0.375. The maximum absolute atomic E-state index is 11.8. The van der Waals surface area contributed by atoms with Gasteiger partial charge in [0.1, 0.15) is 26.2 Å². The molecule has 3 fully saturated rings. The summed E-state index contributed by atoms with van der Waals surface area (Å²) >= 11 is 0. The zero-order valence-electron chi connectivity index (χ0n) is 23.0. The molecule has 0 aromatic carbocycles. The van der Waals surface area contributed by atoms with Gasteiger partial charge >= 0.3 is 0 Å². The highest BCUT2D eigenvalue weighted by molar-refractivity contribution is 4.62. The number of likely N-dealkylation sites (N-methyl/N-ethyl adjacent to an activating group) is 3. The monoisotopic (exact) mass is 490 g/mol. The summed E-state index contributed by atoms with van der Waals surface area (Å²) in [5.74, 6) is 0. The van der Waals surface area contributed by atoms with E-state index in [1.807, 2.05) is 6.92 Å². The fourth-order valence-electron chi connectivity index (χ4n) is 4.67. The van der Waals surface area contributed by atoms with Gasteiger partial charge in [0.2, 0.25) is 0 Å². The molecule has 10 heteroatoms. The van der Waals surface area contributed by atoms with Crippen molar-refractivity contribution in [3.8, 4) is 0 Å². The number of piperazine rings is 3. The smallest absolute Gasteiger partial charge is 0.129 e. The van der Waals surface area contributed by atoms with Crippen LogP contribution in [-0.4, -0.2) is 148 Å². The van der Waals surface area contributed by atoms with E-state index >= 15 is 0 Å². The van der Waals surface area contributed by atoms with E-state index in [0.717, 1.165) is 78.3 Å². The van der Waals surface area contributed by atoms with Crippen LogP contribution < -0.4 is 0 Å². The first-order valence-electron chi connectivity index (χ1n) is 13.4. The van der Waals surface area contributed by atoms with Crippen molar-refractivity contribution >= 4 is 0 Å². The second-order valence-electron chi connectivity index (χ2n) is 11.1. The Labute approximate surface area is 209 Å². The molecule has 3 heterocycles. The van der Waals surface area contributed by atoms with Crippen molar-refractivity contribution < 1.29 is 18.6 Å². The van der Waals surface area contributed by atoms with Crippen molar-refractivity contribution in [1.29, 1.82) is 0 Å². The van der Waals surface area contributed by atoms with Gasteiger partial charge in [0.25, 0.3) is 0 Å². The van der Waals surface area contributed by atoms with E-state index in [4.69, 9.17) is 0 Å². The Bertz CT molecular complexity index is 536. The van der Waals surface area contributed by atoms with Gasteiger partial charge in [-0.15, -0.1) is 0 Å². The van der Waals surface area contributed by atoms with E-state index in [9.17, 15) is 20.8 Å². The molecule has 3 rings (SSSR count). The van der Waals surface area contributed by atoms with Crippen LogP contribution in [-0.2, 0) is 0 Å². The normalized spacial score (nSPS) is 31.6. The standard InChI is InChI=1S/C8H18N2O2.2C8H18N2O/c1-3-4-10(12)7-5-9(2,11)6-8-10;1-3-6-10(11)7-4-9(2)5-8-10;1-3-4-9-5-7-10(2,11)8-6-9/h3-8H2,1-2H3;2*3-8H2,1-2H3. The molecule has 10 nitrogen and oxygen atoms in total. The van der Waals surface area contributed by atoms with Crippen LogP contribution in [0.5, 0.6) is 0 Å². The van der Waals surface area contributed by atoms with Gasteiger partial charge in [0.05, 0.1) is 53.4 Å². The molecule has 0 saturated carbocycles. The highest BCUT2D eigenvalue weighted by Gasteiger charge is 2.28. The number of hydrogen-bond donors (Lipinski definition) is 0. The summed E-state index contributed by atoms with van der Waals surface area (Å²) in [6, 6.07) is 0. The van der Waals surface area contributed by atoms with Crippen LogP contribution in [0.15, 0.2) is 0 Å². The molecule has 0 aliphatic carbocycles. The second kappa shape index (κ2) is 14.4. The van der Waals surface area contributed by atoms with Gasteiger partial charge in [-0.2, -0.15) is 0 Å². The van der Waals surface area contributed by atoms with Crippen molar-refractivity contribution in [1.82, 2.24) is 9.80 Å². The van der Waals surface area contributed by atoms with Gasteiger partial charge in [-0.05, 0) is 32.9 Å². The zero-order chi connectivity index (χ0) is 25.9. The first-order valence-corrected chi connectivity index (χ1v) is 13.4. The van der Waals surface area contributed by atoms with Crippen LogP contribution in [0.4, 0.5) is 0 Å². The molecule has 3 aliphatic heterocycles. The van der Waals surface area contributed by atoms with Crippen molar-refractivity contribution in [3.05, 3.63) is 20.8 Å². The van der Waals surface area contributed by atoms with Crippen LogP contribution >= 0.6 is 0 Å². The summed E-state index contributed by atoms with van der Waals surface area (Å²) in [5.41, 5.74) is 0. The molecule has 0 spiro atoms. The molecule has 0 radical (unpaired) electrons. The molecule has 0 amide bonds. The Morgan fingerprint density at radius 3 is 1.38 bits per heavy atom. The number of hydrogen-bond acceptors (Lipinski definition) is 6. The molecule has 0 unspecified atom stereocenters.